The molecule has 1 aliphatic rings. The summed E-state index contributed by atoms with van der Waals surface area (Å²) in [6.45, 7) is 2.58. The molecule has 5 nitrogen and oxygen atoms in total. The average molecular weight is 393 g/mol. The fourth-order valence-corrected chi connectivity index (χ4v) is 4.05. The van der Waals surface area contributed by atoms with Crippen LogP contribution in [0.3, 0.4) is 0 Å². The number of carbonyl (C=O) groups is 2. The van der Waals surface area contributed by atoms with E-state index >= 15 is 0 Å². The molecule has 6 heteroatoms. The smallest absolute Gasteiger partial charge is 0.237 e. The maximum atomic E-state index is 11.9. The van der Waals surface area contributed by atoms with Crippen LogP contribution >= 0.6 is 11.8 Å². The molecule has 0 aliphatic carbocycles. The lowest BCUT2D eigenvalue weighted by Gasteiger charge is -2.09. The van der Waals surface area contributed by atoms with Crippen LogP contribution < -0.4 is 10.1 Å². The van der Waals surface area contributed by atoms with Gasteiger partial charge in [-0.2, -0.15) is 0 Å². The first kappa shape index (κ1) is 18.4. The van der Waals surface area contributed by atoms with Gasteiger partial charge >= 0.3 is 0 Å². The molecule has 2 amide bonds. The molecule has 0 spiro atoms. The Morgan fingerprint density at radius 2 is 1.96 bits per heavy atom. The van der Waals surface area contributed by atoms with Gasteiger partial charge in [0.05, 0.1) is 11.2 Å². The fraction of sp³-hybridized carbons (Fsp3) is 0.182. The first-order valence-electron chi connectivity index (χ1n) is 8.96. The molecule has 0 radical (unpaired) electrons. The zero-order valence-electron chi connectivity index (χ0n) is 15.3. The van der Waals surface area contributed by atoms with Crippen molar-refractivity contribution in [3.8, 4) is 5.75 Å². The summed E-state index contributed by atoms with van der Waals surface area (Å²) in [5, 5.41) is 2.32. The van der Waals surface area contributed by atoms with Gasteiger partial charge in [-0.15, -0.1) is 0 Å². The highest BCUT2D eigenvalue weighted by molar-refractivity contribution is 7.99. The SMILES string of the molecule is Cc1cccc(COc2ccc(Sc3ccoc3C3CC(=O)NC3=O)cc2)c1. The maximum Gasteiger partial charge on any atom is 0.237 e. The van der Waals surface area contributed by atoms with E-state index in [4.69, 9.17) is 9.15 Å². The molecular formula is C22H19NO4S. The Balaban J connectivity index is 1.41. The molecule has 1 N–H and O–H groups in total. The van der Waals surface area contributed by atoms with Crippen LogP contribution in [0.4, 0.5) is 0 Å². The average Bonchev–Trinajstić information content (AvgIpc) is 3.26. The van der Waals surface area contributed by atoms with Gasteiger partial charge in [0, 0.05) is 11.3 Å². The quantitative estimate of drug-likeness (QED) is 0.627. The van der Waals surface area contributed by atoms with Crippen molar-refractivity contribution in [2.75, 3.05) is 0 Å². The lowest BCUT2D eigenvalue weighted by Crippen LogP contribution is -2.21. The van der Waals surface area contributed by atoms with Crippen LogP contribution in [0.5, 0.6) is 5.75 Å². The molecule has 0 saturated carbocycles. The van der Waals surface area contributed by atoms with Crippen LogP contribution in [-0.4, -0.2) is 11.8 Å². The summed E-state index contributed by atoms with van der Waals surface area (Å²) in [5.74, 6) is 0.202. The van der Waals surface area contributed by atoms with Crippen molar-refractivity contribution in [2.24, 2.45) is 0 Å². The number of amides is 2. The second-order valence-corrected chi connectivity index (χ2v) is 7.78. The fourth-order valence-electron chi connectivity index (χ4n) is 3.11. The molecule has 2 aromatic carbocycles. The van der Waals surface area contributed by atoms with Gasteiger partial charge < -0.3 is 9.15 Å². The van der Waals surface area contributed by atoms with Crippen molar-refractivity contribution >= 4 is 23.6 Å². The minimum absolute atomic E-state index is 0.131. The zero-order valence-corrected chi connectivity index (χ0v) is 16.1. The van der Waals surface area contributed by atoms with Gasteiger partial charge in [-0.25, -0.2) is 0 Å². The summed E-state index contributed by atoms with van der Waals surface area (Å²) in [5.41, 5.74) is 2.34. The first-order valence-corrected chi connectivity index (χ1v) is 9.77. The number of hydrogen-bond donors (Lipinski definition) is 1. The molecule has 28 heavy (non-hydrogen) atoms. The summed E-state index contributed by atoms with van der Waals surface area (Å²) in [6, 6.07) is 17.8. The van der Waals surface area contributed by atoms with E-state index in [2.05, 4.69) is 24.4 Å². The van der Waals surface area contributed by atoms with Crippen molar-refractivity contribution in [2.45, 2.75) is 35.7 Å². The van der Waals surface area contributed by atoms with Crippen LogP contribution in [0.2, 0.25) is 0 Å². The Labute approximate surface area is 167 Å². The number of furan rings is 1. The van der Waals surface area contributed by atoms with Gasteiger partial charge in [-0.05, 0) is 42.8 Å². The number of aryl methyl sites for hydroxylation is 1. The molecule has 4 rings (SSSR count). The monoisotopic (exact) mass is 393 g/mol. The summed E-state index contributed by atoms with van der Waals surface area (Å²) in [7, 11) is 0. The van der Waals surface area contributed by atoms with Crippen LogP contribution in [0.25, 0.3) is 0 Å². The largest absolute Gasteiger partial charge is 0.489 e. The van der Waals surface area contributed by atoms with Gasteiger partial charge in [-0.3, -0.25) is 14.9 Å². The molecule has 3 aromatic rings. The predicted molar refractivity (Wildman–Crippen MR) is 105 cm³/mol. The van der Waals surface area contributed by atoms with Gasteiger partial charge in [-0.1, -0.05) is 41.6 Å². The van der Waals surface area contributed by atoms with E-state index in [9.17, 15) is 9.59 Å². The topological polar surface area (TPSA) is 68.5 Å². The highest BCUT2D eigenvalue weighted by atomic mass is 32.2. The summed E-state index contributed by atoms with van der Waals surface area (Å²) >= 11 is 1.50. The van der Waals surface area contributed by atoms with Gasteiger partial charge in [0.1, 0.15) is 24.0 Å². The number of benzene rings is 2. The highest BCUT2D eigenvalue weighted by Gasteiger charge is 2.35. The first-order chi connectivity index (χ1) is 13.6. The van der Waals surface area contributed by atoms with Crippen molar-refractivity contribution < 1.29 is 18.7 Å². The highest BCUT2D eigenvalue weighted by Crippen LogP contribution is 2.38. The Morgan fingerprint density at radius 3 is 2.68 bits per heavy atom. The molecule has 1 fully saturated rings. The number of carbonyl (C=O) groups excluding carboxylic acids is 2. The zero-order chi connectivity index (χ0) is 19.5. The van der Waals surface area contributed by atoms with Gasteiger partial charge in [0.2, 0.25) is 11.8 Å². The van der Waals surface area contributed by atoms with E-state index in [0.29, 0.717) is 12.4 Å². The van der Waals surface area contributed by atoms with Gasteiger partial charge in [0.25, 0.3) is 0 Å². The molecule has 0 bridgehead atoms. The number of nitrogens with one attached hydrogen (secondary N) is 1. The van der Waals surface area contributed by atoms with Crippen molar-refractivity contribution in [1.29, 1.82) is 0 Å². The molecule has 2 heterocycles. The molecular weight excluding hydrogens is 374 g/mol. The summed E-state index contributed by atoms with van der Waals surface area (Å²) < 4.78 is 11.4. The molecule has 1 saturated heterocycles. The van der Waals surface area contributed by atoms with Gasteiger partial charge in [0.15, 0.2) is 0 Å². The van der Waals surface area contributed by atoms with Crippen molar-refractivity contribution in [1.82, 2.24) is 5.32 Å². The Bertz CT molecular complexity index is 1010. The van der Waals surface area contributed by atoms with Crippen LogP contribution in [-0.2, 0) is 16.2 Å². The van der Waals surface area contributed by atoms with E-state index in [1.165, 1.54) is 17.3 Å². The summed E-state index contributed by atoms with van der Waals surface area (Å²) in [6.07, 6.45) is 1.68. The standard InChI is InChI=1S/C22H19NO4S/c1-14-3-2-4-15(11-14)13-27-16-5-7-17(8-6-16)28-19-9-10-26-21(19)18-12-20(24)23-22(18)25/h2-11,18H,12-13H2,1H3,(H,23,24,25). The molecule has 1 aliphatic heterocycles. The normalized spacial score (nSPS) is 16.2. The van der Waals surface area contributed by atoms with E-state index in [1.807, 2.05) is 42.5 Å². The van der Waals surface area contributed by atoms with Crippen LogP contribution in [0, 0.1) is 6.92 Å². The van der Waals surface area contributed by atoms with Crippen LogP contribution in [0.15, 0.2) is 75.1 Å². The number of hydrogen-bond acceptors (Lipinski definition) is 5. The minimum atomic E-state index is -0.554. The predicted octanol–water partition coefficient (Wildman–Crippen LogP) is 4.45. The number of rotatable bonds is 6. The number of imide groups is 1. The van der Waals surface area contributed by atoms with Crippen molar-refractivity contribution in [3.63, 3.8) is 0 Å². The lowest BCUT2D eigenvalue weighted by molar-refractivity contribution is -0.125. The molecule has 142 valence electrons. The Kier molecular flexibility index (Phi) is 5.21. The minimum Gasteiger partial charge on any atom is -0.489 e. The lowest BCUT2D eigenvalue weighted by atomic mass is 10.1. The molecule has 1 atom stereocenters. The molecule has 1 unspecified atom stereocenters. The third-order valence-electron chi connectivity index (χ3n) is 4.48. The van der Waals surface area contributed by atoms with Crippen LogP contribution in [0.1, 0.15) is 29.2 Å². The third kappa shape index (κ3) is 4.12. The third-order valence-corrected chi connectivity index (χ3v) is 5.55. The molecule has 1 aromatic heterocycles. The Hall–Kier alpha value is -2.99. The van der Waals surface area contributed by atoms with E-state index in [-0.39, 0.29) is 18.2 Å². The second kappa shape index (κ2) is 7.94. The van der Waals surface area contributed by atoms with Crippen molar-refractivity contribution in [3.05, 3.63) is 77.7 Å². The maximum absolute atomic E-state index is 11.9. The summed E-state index contributed by atoms with van der Waals surface area (Å²) in [4.78, 5) is 25.2. The van der Waals surface area contributed by atoms with E-state index in [0.717, 1.165) is 21.1 Å². The van der Waals surface area contributed by atoms with E-state index in [1.54, 1.807) is 6.26 Å². The van der Waals surface area contributed by atoms with E-state index < -0.39 is 5.92 Å². The second-order valence-electron chi connectivity index (χ2n) is 6.67. The number of ether oxygens (including phenoxy) is 1. The Morgan fingerprint density at radius 1 is 1.14 bits per heavy atom.